The molecule has 2 N–H and O–H groups in total. The maximum atomic E-state index is 11.8. The van der Waals surface area contributed by atoms with Crippen molar-refractivity contribution in [2.75, 3.05) is 6.54 Å². The van der Waals surface area contributed by atoms with E-state index in [0.29, 0.717) is 10.8 Å². The predicted molar refractivity (Wildman–Crippen MR) is 88.8 cm³/mol. The van der Waals surface area contributed by atoms with E-state index in [1.54, 1.807) is 24.3 Å². The molecule has 23 heavy (non-hydrogen) atoms. The van der Waals surface area contributed by atoms with E-state index in [1.165, 1.54) is 18.4 Å². The fraction of sp³-hybridized carbons (Fsp3) is 0.176. The number of nitrogens with one attached hydrogen (secondary N) is 2. The molecule has 6 heteroatoms. The Kier molecular flexibility index (Phi) is 6.00. The lowest BCUT2D eigenvalue weighted by Gasteiger charge is -2.14. The number of hydrogen-bond donors (Lipinski definition) is 2. The van der Waals surface area contributed by atoms with Crippen LogP contribution in [0.15, 0.2) is 53.2 Å². The Morgan fingerprint density at radius 3 is 2.65 bits per heavy atom. The van der Waals surface area contributed by atoms with Crippen LogP contribution in [-0.2, 0) is 9.59 Å². The molecule has 2 amide bonds. The smallest absolute Gasteiger partial charge is 0.244 e. The van der Waals surface area contributed by atoms with Crippen LogP contribution in [0.3, 0.4) is 0 Å². The Morgan fingerprint density at radius 2 is 2.00 bits per heavy atom. The van der Waals surface area contributed by atoms with Gasteiger partial charge in [-0.05, 0) is 42.8 Å². The highest BCUT2D eigenvalue weighted by Crippen LogP contribution is 2.15. The number of hydrogen-bond acceptors (Lipinski definition) is 3. The van der Waals surface area contributed by atoms with Gasteiger partial charge in [-0.25, -0.2) is 0 Å². The van der Waals surface area contributed by atoms with Gasteiger partial charge in [0.15, 0.2) is 0 Å². The highest BCUT2D eigenvalue weighted by molar-refractivity contribution is 6.30. The highest BCUT2D eigenvalue weighted by Gasteiger charge is 2.10. The van der Waals surface area contributed by atoms with Gasteiger partial charge in [-0.3, -0.25) is 9.59 Å². The quantitative estimate of drug-likeness (QED) is 0.799. The molecule has 0 radical (unpaired) electrons. The van der Waals surface area contributed by atoms with Crippen molar-refractivity contribution < 1.29 is 14.0 Å². The van der Waals surface area contributed by atoms with Crippen LogP contribution in [0.2, 0.25) is 5.02 Å². The number of rotatable bonds is 6. The van der Waals surface area contributed by atoms with Crippen molar-refractivity contribution in [2.24, 2.45) is 0 Å². The maximum Gasteiger partial charge on any atom is 0.244 e. The Bertz CT molecular complexity index is 678. The van der Waals surface area contributed by atoms with E-state index in [2.05, 4.69) is 10.6 Å². The molecule has 1 aromatic heterocycles. The van der Waals surface area contributed by atoms with E-state index in [4.69, 9.17) is 16.0 Å². The van der Waals surface area contributed by atoms with Crippen LogP contribution in [0.5, 0.6) is 0 Å². The minimum Gasteiger partial charge on any atom is -0.465 e. The van der Waals surface area contributed by atoms with E-state index in [-0.39, 0.29) is 24.4 Å². The Labute approximate surface area is 139 Å². The first-order valence-corrected chi connectivity index (χ1v) is 7.46. The maximum absolute atomic E-state index is 11.8. The third-order valence-corrected chi connectivity index (χ3v) is 3.36. The SMILES string of the molecule is CC(NC(=O)CNC(=O)C=Cc1ccco1)c1ccc(Cl)cc1. The van der Waals surface area contributed by atoms with Crippen LogP contribution < -0.4 is 10.6 Å². The molecule has 5 nitrogen and oxygen atoms in total. The number of furan rings is 1. The molecule has 0 aliphatic rings. The average Bonchev–Trinajstić information content (AvgIpc) is 3.05. The molecule has 2 aromatic rings. The number of amides is 2. The van der Waals surface area contributed by atoms with Crippen LogP contribution in [-0.4, -0.2) is 18.4 Å². The number of carbonyl (C=O) groups is 2. The van der Waals surface area contributed by atoms with E-state index in [9.17, 15) is 9.59 Å². The summed E-state index contributed by atoms with van der Waals surface area (Å²) in [6.07, 6.45) is 4.36. The van der Waals surface area contributed by atoms with Crippen molar-refractivity contribution in [3.8, 4) is 0 Å². The molecule has 0 aliphatic heterocycles. The molecule has 1 aromatic carbocycles. The first-order valence-electron chi connectivity index (χ1n) is 7.09. The third kappa shape index (κ3) is 5.64. The summed E-state index contributed by atoms with van der Waals surface area (Å²) in [6.45, 7) is 1.76. The Morgan fingerprint density at radius 1 is 1.26 bits per heavy atom. The predicted octanol–water partition coefficient (Wildman–Crippen LogP) is 2.94. The summed E-state index contributed by atoms with van der Waals surface area (Å²) in [5.74, 6) is -0.0659. The second-order valence-corrected chi connectivity index (χ2v) is 5.34. The summed E-state index contributed by atoms with van der Waals surface area (Å²) in [5.41, 5.74) is 0.937. The second kappa shape index (κ2) is 8.19. The molecular weight excluding hydrogens is 316 g/mol. The lowest BCUT2D eigenvalue weighted by molar-refractivity contribution is -0.124. The molecular formula is C17H17ClN2O3. The van der Waals surface area contributed by atoms with Crippen molar-refractivity contribution in [1.82, 2.24) is 10.6 Å². The summed E-state index contributed by atoms with van der Waals surface area (Å²) in [7, 11) is 0. The minimum absolute atomic E-state index is 0.0980. The average molecular weight is 333 g/mol. The molecule has 0 saturated heterocycles. The lowest BCUT2D eigenvalue weighted by Crippen LogP contribution is -2.37. The van der Waals surface area contributed by atoms with Crippen LogP contribution in [0.4, 0.5) is 0 Å². The largest absolute Gasteiger partial charge is 0.465 e. The van der Waals surface area contributed by atoms with E-state index in [0.717, 1.165) is 5.56 Å². The Balaban J connectivity index is 1.76. The molecule has 0 saturated carbocycles. The summed E-state index contributed by atoms with van der Waals surface area (Å²) in [5, 5.41) is 5.95. The summed E-state index contributed by atoms with van der Waals surface area (Å²) in [4.78, 5) is 23.4. The topological polar surface area (TPSA) is 71.3 Å². The highest BCUT2D eigenvalue weighted by atomic mass is 35.5. The van der Waals surface area contributed by atoms with Gasteiger partial charge in [0.2, 0.25) is 11.8 Å². The molecule has 120 valence electrons. The van der Waals surface area contributed by atoms with Crippen LogP contribution >= 0.6 is 11.6 Å². The van der Waals surface area contributed by atoms with Gasteiger partial charge in [0, 0.05) is 11.1 Å². The number of carbonyl (C=O) groups excluding carboxylic acids is 2. The standard InChI is InChI=1S/C17H17ClN2O3/c1-12(13-4-6-14(18)7-5-13)20-17(22)11-19-16(21)9-8-15-3-2-10-23-15/h2-10,12H,11H2,1H3,(H,19,21)(H,20,22). The van der Waals surface area contributed by atoms with Gasteiger partial charge in [-0.1, -0.05) is 23.7 Å². The van der Waals surface area contributed by atoms with Gasteiger partial charge >= 0.3 is 0 Å². The normalized spacial score (nSPS) is 12.1. The zero-order chi connectivity index (χ0) is 16.7. The third-order valence-electron chi connectivity index (χ3n) is 3.11. The van der Waals surface area contributed by atoms with Crippen LogP contribution in [0.25, 0.3) is 6.08 Å². The van der Waals surface area contributed by atoms with Gasteiger partial charge in [0.25, 0.3) is 0 Å². The van der Waals surface area contributed by atoms with Crippen molar-refractivity contribution >= 4 is 29.5 Å². The van der Waals surface area contributed by atoms with Gasteiger partial charge in [0.05, 0.1) is 18.8 Å². The molecule has 1 unspecified atom stereocenters. The first kappa shape index (κ1) is 16.8. The van der Waals surface area contributed by atoms with Gasteiger partial charge in [-0.2, -0.15) is 0 Å². The first-order chi connectivity index (χ1) is 11.0. The van der Waals surface area contributed by atoms with Crippen molar-refractivity contribution in [3.05, 3.63) is 65.1 Å². The number of halogens is 1. The molecule has 1 atom stereocenters. The second-order valence-electron chi connectivity index (χ2n) is 4.91. The summed E-state index contributed by atoms with van der Waals surface area (Å²) in [6, 6.07) is 10.5. The van der Waals surface area contributed by atoms with Crippen molar-refractivity contribution in [2.45, 2.75) is 13.0 Å². The molecule has 0 spiro atoms. The van der Waals surface area contributed by atoms with E-state index < -0.39 is 0 Å². The lowest BCUT2D eigenvalue weighted by atomic mass is 10.1. The zero-order valence-corrected chi connectivity index (χ0v) is 13.3. The van der Waals surface area contributed by atoms with Crippen LogP contribution in [0, 0.1) is 0 Å². The van der Waals surface area contributed by atoms with Gasteiger partial charge in [0.1, 0.15) is 5.76 Å². The molecule has 2 rings (SSSR count). The van der Waals surface area contributed by atoms with Crippen molar-refractivity contribution in [1.29, 1.82) is 0 Å². The van der Waals surface area contributed by atoms with Crippen LogP contribution in [0.1, 0.15) is 24.3 Å². The van der Waals surface area contributed by atoms with Gasteiger partial charge in [-0.15, -0.1) is 0 Å². The molecule has 0 bridgehead atoms. The van der Waals surface area contributed by atoms with Gasteiger partial charge < -0.3 is 15.1 Å². The Hall–Kier alpha value is -2.53. The van der Waals surface area contributed by atoms with Crippen molar-refractivity contribution in [3.63, 3.8) is 0 Å². The van der Waals surface area contributed by atoms with E-state index in [1.807, 2.05) is 19.1 Å². The zero-order valence-electron chi connectivity index (χ0n) is 12.6. The molecule has 1 heterocycles. The minimum atomic E-state index is -0.365. The fourth-order valence-electron chi connectivity index (χ4n) is 1.90. The number of benzene rings is 1. The molecule has 0 fully saturated rings. The summed E-state index contributed by atoms with van der Waals surface area (Å²) < 4.78 is 5.06. The van der Waals surface area contributed by atoms with E-state index >= 15 is 0 Å². The molecule has 0 aliphatic carbocycles. The summed E-state index contributed by atoms with van der Waals surface area (Å²) >= 11 is 5.83. The fourth-order valence-corrected chi connectivity index (χ4v) is 2.02. The monoisotopic (exact) mass is 332 g/mol.